The second-order valence-electron chi connectivity index (χ2n) is 5.95. The second kappa shape index (κ2) is 7.67. The predicted molar refractivity (Wildman–Crippen MR) is 84.5 cm³/mol. The van der Waals surface area contributed by atoms with Crippen molar-refractivity contribution in [2.75, 3.05) is 52.5 Å². The lowest BCUT2D eigenvalue weighted by Gasteiger charge is -2.33. The summed E-state index contributed by atoms with van der Waals surface area (Å²) >= 11 is 0. The van der Waals surface area contributed by atoms with Gasteiger partial charge in [0, 0.05) is 19.6 Å². The molecule has 0 aromatic carbocycles. The molecule has 2 aliphatic rings. The summed E-state index contributed by atoms with van der Waals surface area (Å²) in [4.78, 5) is 27.2. The topological polar surface area (TPSA) is 84.3 Å². The largest absolute Gasteiger partial charge is 0.465 e. The molecule has 0 bridgehead atoms. The normalized spacial score (nSPS) is 20.0. The number of nitrogens with zero attached hydrogens (tertiary/aromatic N) is 2. The molecule has 8 nitrogen and oxygen atoms in total. The number of carbonyl (C=O) groups is 2. The summed E-state index contributed by atoms with van der Waals surface area (Å²) in [5.41, 5.74) is 0. The molecule has 1 N–H and O–H groups in total. The Morgan fingerprint density at radius 3 is 2.67 bits per heavy atom. The molecule has 1 aromatic rings. The van der Waals surface area contributed by atoms with Crippen molar-refractivity contribution in [3.05, 3.63) is 23.7 Å². The molecule has 8 heteroatoms. The smallest absolute Gasteiger partial charge is 0.410 e. The van der Waals surface area contributed by atoms with E-state index >= 15 is 0 Å². The Kier molecular flexibility index (Phi) is 5.37. The van der Waals surface area contributed by atoms with Gasteiger partial charge in [0.1, 0.15) is 24.7 Å². The predicted octanol–water partition coefficient (Wildman–Crippen LogP) is 0.530. The van der Waals surface area contributed by atoms with Gasteiger partial charge < -0.3 is 19.2 Å². The lowest BCUT2D eigenvalue weighted by molar-refractivity contribution is -0.122. The lowest BCUT2D eigenvalue weighted by Crippen LogP contribution is -2.45. The van der Waals surface area contributed by atoms with Crippen molar-refractivity contribution in [1.82, 2.24) is 15.1 Å². The average Bonchev–Trinajstić information content (AvgIpc) is 3.18. The maximum absolute atomic E-state index is 12.1. The number of hydrogen-bond acceptors (Lipinski definition) is 6. The highest BCUT2D eigenvalue weighted by Gasteiger charge is 2.27. The van der Waals surface area contributed by atoms with Crippen molar-refractivity contribution in [2.45, 2.75) is 13.0 Å². The van der Waals surface area contributed by atoms with Crippen molar-refractivity contribution in [2.24, 2.45) is 0 Å². The van der Waals surface area contributed by atoms with Crippen molar-refractivity contribution in [3.8, 4) is 0 Å². The van der Waals surface area contributed by atoms with Crippen LogP contribution in [-0.2, 0) is 14.3 Å². The van der Waals surface area contributed by atoms with Gasteiger partial charge in [-0.2, -0.15) is 0 Å². The number of carbonyl (C=O) groups excluding carboxylic acids is 2. The van der Waals surface area contributed by atoms with Gasteiger partial charge >= 0.3 is 6.09 Å². The summed E-state index contributed by atoms with van der Waals surface area (Å²) in [7, 11) is 0. The highest BCUT2D eigenvalue weighted by atomic mass is 16.6. The van der Waals surface area contributed by atoms with Crippen molar-refractivity contribution in [1.29, 1.82) is 0 Å². The molecule has 0 radical (unpaired) electrons. The quantitative estimate of drug-likeness (QED) is 0.815. The lowest BCUT2D eigenvalue weighted by atomic mass is 10.1. The minimum absolute atomic E-state index is 0.0197. The fourth-order valence-corrected chi connectivity index (χ4v) is 2.94. The van der Waals surface area contributed by atoms with Gasteiger partial charge in [-0.3, -0.25) is 14.6 Å². The van der Waals surface area contributed by atoms with Crippen LogP contribution in [-0.4, -0.2) is 74.3 Å². The van der Waals surface area contributed by atoms with Crippen molar-refractivity contribution < 1.29 is 23.5 Å². The summed E-state index contributed by atoms with van der Waals surface area (Å²) in [5.74, 6) is 1.47. The van der Waals surface area contributed by atoms with Crippen LogP contribution in [0.4, 0.5) is 4.79 Å². The van der Waals surface area contributed by atoms with Gasteiger partial charge in [0.25, 0.3) is 0 Å². The fourth-order valence-electron chi connectivity index (χ4n) is 2.94. The number of furan rings is 1. The molecule has 2 fully saturated rings. The molecule has 1 atom stereocenters. The minimum Gasteiger partial charge on any atom is -0.465 e. The number of amides is 2. The zero-order valence-corrected chi connectivity index (χ0v) is 13.8. The molecule has 24 heavy (non-hydrogen) atoms. The third-order valence-electron chi connectivity index (χ3n) is 4.25. The van der Waals surface area contributed by atoms with E-state index in [0.29, 0.717) is 32.9 Å². The maximum Gasteiger partial charge on any atom is 0.410 e. The molecule has 2 aliphatic heterocycles. The average molecular weight is 337 g/mol. The highest BCUT2D eigenvalue weighted by molar-refractivity contribution is 5.82. The highest BCUT2D eigenvalue weighted by Crippen LogP contribution is 2.23. The number of cyclic esters (lactones) is 1. The number of ether oxygens (including phenoxy) is 2. The third-order valence-corrected chi connectivity index (χ3v) is 4.25. The van der Waals surface area contributed by atoms with Crippen LogP contribution in [0.1, 0.15) is 17.6 Å². The molecule has 2 amide bonds. The summed E-state index contributed by atoms with van der Waals surface area (Å²) in [5, 5.41) is 2.90. The second-order valence-corrected chi connectivity index (χ2v) is 5.95. The summed E-state index contributed by atoms with van der Waals surface area (Å²) in [6.07, 6.45) is -0.434. The van der Waals surface area contributed by atoms with E-state index in [1.807, 2.05) is 19.1 Å². The standard InChI is InChI=1S/C16H23N3O5/c1-12-2-3-14(24-12)13(18-4-7-22-8-5-18)10-17-15(20)11-19-6-9-23-16(19)21/h2-3,13H,4-11H2,1H3,(H,17,20)/t13-/m0/s1. The Morgan fingerprint density at radius 1 is 1.25 bits per heavy atom. The molecule has 132 valence electrons. The molecular weight excluding hydrogens is 314 g/mol. The first-order valence-electron chi connectivity index (χ1n) is 8.20. The summed E-state index contributed by atoms with van der Waals surface area (Å²) in [6, 6.07) is 3.82. The monoisotopic (exact) mass is 337 g/mol. The van der Waals surface area contributed by atoms with Gasteiger partial charge in [-0.25, -0.2) is 4.79 Å². The Hall–Kier alpha value is -2.06. The van der Waals surface area contributed by atoms with E-state index < -0.39 is 6.09 Å². The van der Waals surface area contributed by atoms with Gasteiger partial charge in [0.2, 0.25) is 5.91 Å². The molecule has 2 saturated heterocycles. The molecule has 3 rings (SSSR count). The van der Waals surface area contributed by atoms with Gasteiger partial charge in [-0.15, -0.1) is 0 Å². The fraction of sp³-hybridized carbons (Fsp3) is 0.625. The van der Waals surface area contributed by atoms with Crippen LogP contribution in [0, 0.1) is 6.92 Å². The summed E-state index contributed by atoms with van der Waals surface area (Å²) in [6.45, 7) is 6.06. The van der Waals surface area contributed by atoms with Crippen LogP contribution in [0.3, 0.4) is 0 Å². The number of nitrogens with one attached hydrogen (secondary N) is 1. The Balaban J connectivity index is 1.59. The third kappa shape index (κ3) is 4.07. The van der Waals surface area contributed by atoms with Crippen LogP contribution in [0.5, 0.6) is 0 Å². The van der Waals surface area contributed by atoms with Crippen LogP contribution in [0.25, 0.3) is 0 Å². The maximum atomic E-state index is 12.1. The number of rotatable bonds is 6. The minimum atomic E-state index is -0.434. The number of morpholine rings is 1. The van der Waals surface area contributed by atoms with Crippen LogP contribution in [0.2, 0.25) is 0 Å². The van der Waals surface area contributed by atoms with E-state index in [-0.39, 0.29) is 18.5 Å². The Bertz CT molecular complexity index is 582. The first-order chi connectivity index (χ1) is 11.6. The summed E-state index contributed by atoms with van der Waals surface area (Å²) < 4.78 is 16.0. The van der Waals surface area contributed by atoms with E-state index in [1.165, 1.54) is 4.90 Å². The Morgan fingerprint density at radius 2 is 2.04 bits per heavy atom. The molecule has 3 heterocycles. The van der Waals surface area contributed by atoms with Gasteiger partial charge in [0.05, 0.1) is 25.8 Å². The van der Waals surface area contributed by atoms with E-state index in [9.17, 15) is 9.59 Å². The van der Waals surface area contributed by atoms with E-state index in [4.69, 9.17) is 13.9 Å². The number of hydrogen-bond donors (Lipinski definition) is 1. The van der Waals surface area contributed by atoms with Crippen molar-refractivity contribution >= 4 is 12.0 Å². The molecular formula is C16H23N3O5. The molecule has 0 saturated carbocycles. The van der Waals surface area contributed by atoms with Crippen LogP contribution >= 0.6 is 0 Å². The zero-order valence-electron chi connectivity index (χ0n) is 13.8. The van der Waals surface area contributed by atoms with E-state index in [1.54, 1.807) is 0 Å². The molecule has 0 spiro atoms. The Labute approximate surface area is 140 Å². The van der Waals surface area contributed by atoms with E-state index in [0.717, 1.165) is 24.6 Å². The first kappa shape index (κ1) is 16.8. The van der Waals surface area contributed by atoms with Crippen molar-refractivity contribution in [3.63, 3.8) is 0 Å². The van der Waals surface area contributed by atoms with Gasteiger partial charge in [-0.1, -0.05) is 0 Å². The first-order valence-corrected chi connectivity index (χ1v) is 8.20. The van der Waals surface area contributed by atoms with Crippen LogP contribution < -0.4 is 5.32 Å². The SMILES string of the molecule is Cc1ccc([C@H](CNC(=O)CN2CCOC2=O)N2CCOCC2)o1. The van der Waals surface area contributed by atoms with Crippen LogP contribution in [0.15, 0.2) is 16.5 Å². The molecule has 0 aliphatic carbocycles. The molecule has 0 unspecified atom stereocenters. The number of aryl methyl sites for hydroxylation is 1. The van der Waals surface area contributed by atoms with Gasteiger partial charge in [-0.05, 0) is 19.1 Å². The van der Waals surface area contributed by atoms with E-state index in [2.05, 4.69) is 10.2 Å². The molecule has 1 aromatic heterocycles. The van der Waals surface area contributed by atoms with Gasteiger partial charge in [0.15, 0.2) is 0 Å². The zero-order chi connectivity index (χ0) is 16.9.